The minimum absolute atomic E-state index is 0.00497. The Morgan fingerprint density at radius 2 is 2.00 bits per heavy atom. The molecule has 0 atom stereocenters. The van der Waals surface area contributed by atoms with Gasteiger partial charge in [-0.25, -0.2) is 13.8 Å². The minimum Gasteiger partial charge on any atom is -0.473 e. The van der Waals surface area contributed by atoms with Crippen LogP contribution in [0.5, 0.6) is 5.88 Å². The zero-order chi connectivity index (χ0) is 17.2. The van der Waals surface area contributed by atoms with Crippen molar-refractivity contribution in [1.82, 2.24) is 9.88 Å². The highest BCUT2D eigenvalue weighted by Gasteiger charge is 2.36. The molecule has 5 nitrogen and oxygen atoms in total. The molecule has 1 aromatic heterocycles. The Kier molecular flexibility index (Phi) is 5.20. The lowest BCUT2D eigenvalue weighted by atomic mass is 10.1. The van der Waals surface area contributed by atoms with Crippen LogP contribution in [0.3, 0.4) is 0 Å². The van der Waals surface area contributed by atoms with E-state index in [0.717, 1.165) is 12.8 Å². The predicted molar refractivity (Wildman–Crippen MR) is 83.8 cm³/mol. The van der Waals surface area contributed by atoms with Gasteiger partial charge >= 0.3 is 0 Å². The van der Waals surface area contributed by atoms with E-state index in [0.29, 0.717) is 13.2 Å². The molecular weight excluding hydrogens is 342 g/mol. The maximum absolute atomic E-state index is 13.2. The van der Waals surface area contributed by atoms with Crippen LogP contribution >= 0.6 is 11.6 Å². The first-order valence-electron chi connectivity index (χ1n) is 8.02. The lowest BCUT2D eigenvalue weighted by Gasteiger charge is -2.31. The molecule has 0 saturated carbocycles. The van der Waals surface area contributed by atoms with E-state index in [1.54, 1.807) is 0 Å². The lowest BCUT2D eigenvalue weighted by Crippen LogP contribution is -2.42. The van der Waals surface area contributed by atoms with Crippen LogP contribution in [-0.2, 0) is 4.74 Å². The average molecular weight is 361 g/mol. The van der Waals surface area contributed by atoms with Crippen molar-refractivity contribution < 1.29 is 23.0 Å². The summed E-state index contributed by atoms with van der Waals surface area (Å²) in [4.78, 5) is 17.9. The molecule has 2 saturated heterocycles. The Hall–Kier alpha value is -1.47. The molecule has 24 heavy (non-hydrogen) atoms. The number of aromatic nitrogens is 1. The highest BCUT2D eigenvalue weighted by Crippen LogP contribution is 2.30. The fraction of sp³-hybridized carbons (Fsp3) is 0.625. The fourth-order valence-corrected chi connectivity index (χ4v) is 3.01. The summed E-state index contributed by atoms with van der Waals surface area (Å²) in [6, 6.07) is 1.48. The first kappa shape index (κ1) is 17.4. The number of hydrogen-bond acceptors (Lipinski definition) is 4. The van der Waals surface area contributed by atoms with Gasteiger partial charge in [-0.15, -0.1) is 0 Å². The maximum atomic E-state index is 13.2. The fourth-order valence-electron chi connectivity index (χ4n) is 2.80. The van der Waals surface area contributed by atoms with E-state index >= 15 is 0 Å². The summed E-state index contributed by atoms with van der Waals surface area (Å²) in [7, 11) is 0. The number of rotatable bonds is 3. The van der Waals surface area contributed by atoms with Crippen molar-refractivity contribution in [2.75, 3.05) is 26.3 Å². The van der Waals surface area contributed by atoms with Gasteiger partial charge in [0.15, 0.2) is 0 Å². The summed E-state index contributed by atoms with van der Waals surface area (Å²) in [5, 5.41) is 0.245. The number of hydrogen-bond donors (Lipinski definition) is 0. The molecule has 0 unspecified atom stereocenters. The van der Waals surface area contributed by atoms with E-state index in [4.69, 9.17) is 21.1 Å². The Morgan fingerprint density at radius 1 is 1.33 bits per heavy atom. The van der Waals surface area contributed by atoms with Gasteiger partial charge in [-0.2, -0.15) is 0 Å². The van der Waals surface area contributed by atoms with Crippen LogP contribution < -0.4 is 4.74 Å². The van der Waals surface area contributed by atoms with Crippen LogP contribution in [0.25, 0.3) is 0 Å². The normalized spacial score (nSPS) is 21.5. The molecule has 0 radical (unpaired) electrons. The largest absolute Gasteiger partial charge is 0.473 e. The average Bonchev–Trinajstić information content (AvgIpc) is 2.57. The van der Waals surface area contributed by atoms with E-state index in [-0.39, 0.29) is 54.4 Å². The molecule has 1 amide bonds. The van der Waals surface area contributed by atoms with Crippen molar-refractivity contribution >= 4 is 17.5 Å². The van der Waals surface area contributed by atoms with Crippen molar-refractivity contribution in [1.29, 1.82) is 0 Å². The van der Waals surface area contributed by atoms with Gasteiger partial charge in [-0.05, 0) is 6.07 Å². The third-order valence-electron chi connectivity index (χ3n) is 4.28. The predicted octanol–water partition coefficient (Wildman–Crippen LogP) is 3.16. The molecule has 0 N–H and O–H groups in total. The Balaban J connectivity index is 1.64. The maximum Gasteiger partial charge on any atom is 0.255 e. The molecule has 2 aliphatic rings. The monoisotopic (exact) mass is 360 g/mol. The van der Waals surface area contributed by atoms with Crippen molar-refractivity contribution in [2.45, 2.75) is 37.7 Å². The number of piperidine rings is 1. The second-order valence-electron chi connectivity index (χ2n) is 6.09. The smallest absolute Gasteiger partial charge is 0.255 e. The Labute approximate surface area is 143 Å². The molecule has 0 aromatic carbocycles. The number of likely N-dealkylation sites (tertiary alicyclic amines) is 1. The van der Waals surface area contributed by atoms with Gasteiger partial charge in [-0.3, -0.25) is 4.79 Å². The molecule has 3 rings (SSSR count). The molecule has 0 aliphatic carbocycles. The third kappa shape index (κ3) is 4.13. The zero-order valence-corrected chi connectivity index (χ0v) is 13.9. The Morgan fingerprint density at radius 3 is 2.62 bits per heavy atom. The standard InChI is InChI=1S/C16H19ClF2N2O3/c17-13-9-11(15(22)21-5-3-16(18,19)4-6-21)10-20-14(13)24-12-1-7-23-8-2-12/h9-10,12H,1-8H2. The summed E-state index contributed by atoms with van der Waals surface area (Å²) in [6.45, 7) is 1.34. The van der Waals surface area contributed by atoms with Crippen molar-refractivity contribution in [3.8, 4) is 5.88 Å². The topological polar surface area (TPSA) is 51.7 Å². The van der Waals surface area contributed by atoms with Crippen LogP contribution in [0, 0.1) is 0 Å². The van der Waals surface area contributed by atoms with Gasteiger partial charge in [-0.1, -0.05) is 11.6 Å². The van der Waals surface area contributed by atoms with Crippen molar-refractivity contribution in [3.05, 3.63) is 22.8 Å². The number of amides is 1. The van der Waals surface area contributed by atoms with Gasteiger partial charge in [0.05, 0.1) is 18.8 Å². The molecule has 2 fully saturated rings. The third-order valence-corrected chi connectivity index (χ3v) is 4.55. The summed E-state index contributed by atoms with van der Waals surface area (Å²) in [6.07, 6.45) is 2.28. The van der Waals surface area contributed by atoms with Crippen LogP contribution in [0.15, 0.2) is 12.3 Å². The van der Waals surface area contributed by atoms with Gasteiger partial charge in [0.1, 0.15) is 11.1 Å². The zero-order valence-electron chi connectivity index (χ0n) is 13.1. The Bertz CT molecular complexity index is 599. The van der Waals surface area contributed by atoms with Crippen LogP contribution in [0.1, 0.15) is 36.0 Å². The van der Waals surface area contributed by atoms with Crippen molar-refractivity contribution in [3.63, 3.8) is 0 Å². The summed E-state index contributed by atoms with van der Waals surface area (Å²) < 4.78 is 37.4. The quantitative estimate of drug-likeness (QED) is 0.830. The number of nitrogens with zero attached hydrogens (tertiary/aromatic N) is 2. The summed E-state index contributed by atoms with van der Waals surface area (Å²) >= 11 is 6.17. The molecule has 3 heterocycles. The van der Waals surface area contributed by atoms with Gasteiger partial charge in [0.2, 0.25) is 5.88 Å². The molecular formula is C16H19ClF2N2O3. The van der Waals surface area contributed by atoms with Crippen molar-refractivity contribution in [2.24, 2.45) is 0 Å². The van der Waals surface area contributed by atoms with Gasteiger partial charge in [0.25, 0.3) is 11.8 Å². The molecule has 0 spiro atoms. The number of carbonyl (C=O) groups is 1. The highest BCUT2D eigenvalue weighted by molar-refractivity contribution is 6.32. The number of ether oxygens (including phenoxy) is 2. The second kappa shape index (κ2) is 7.19. The molecule has 0 bridgehead atoms. The van der Waals surface area contributed by atoms with Crippen LogP contribution in [0.4, 0.5) is 8.78 Å². The van der Waals surface area contributed by atoms with E-state index in [2.05, 4.69) is 4.98 Å². The van der Waals surface area contributed by atoms with Crippen LogP contribution in [0.2, 0.25) is 5.02 Å². The van der Waals surface area contributed by atoms with Crippen LogP contribution in [-0.4, -0.2) is 54.1 Å². The number of pyridine rings is 1. The lowest BCUT2D eigenvalue weighted by molar-refractivity contribution is -0.0494. The number of alkyl halides is 2. The van der Waals surface area contributed by atoms with E-state index in [1.807, 2.05) is 0 Å². The summed E-state index contributed by atoms with van der Waals surface area (Å²) in [5.74, 6) is -2.74. The number of carbonyl (C=O) groups excluding carboxylic acids is 1. The molecule has 1 aromatic rings. The minimum atomic E-state index is -2.69. The highest BCUT2D eigenvalue weighted by atomic mass is 35.5. The van der Waals surface area contributed by atoms with Gasteiger partial charge in [0, 0.05) is 45.0 Å². The molecule has 2 aliphatic heterocycles. The second-order valence-corrected chi connectivity index (χ2v) is 6.50. The van der Waals surface area contributed by atoms with Gasteiger partial charge < -0.3 is 14.4 Å². The van der Waals surface area contributed by atoms with E-state index in [9.17, 15) is 13.6 Å². The number of halogens is 3. The van der Waals surface area contributed by atoms with E-state index < -0.39 is 5.92 Å². The van der Waals surface area contributed by atoms with E-state index in [1.165, 1.54) is 17.2 Å². The summed E-state index contributed by atoms with van der Waals surface area (Å²) in [5.41, 5.74) is 0.282. The molecule has 8 heteroatoms. The molecule has 132 valence electrons. The SMILES string of the molecule is O=C(c1cnc(OC2CCOCC2)c(Cl)c1)N1CCC(F)(F)CC1. The first-order chi connectivity index (χ1) is 11.4. The first-order valence-corrected chi connectivity index (χ1v) is 8.39.